The average Bonchev–Trinajstić information content (AvgIpc) is 3.15. The maximum atomic E-state index is 13.7. The van der Waals surface area contributed by atoms with Crippen molar-refractivity contribution < 1.29 is 13.9 Å². The summed E-state index contributed by atoms with van der Waals surface area (Å²) < 4.78 is 21.7. The Kier molecular flexibility index (Phi) is 5.58. The molecule has 0 radical (unpaired) electrons. The van der Waals surface area contributed by atoms with Crippen LogP contribution in [-0.4, -0.2) is 32.1 Å². The number of fused-ring (bicyclic) bond motifs is 1. The molecule has 0 bridgehead atoms. The summed E-state index contributed by atoms with van der Waals surface area (Å²) in [4.78, 5) is 35.4. The van der Waals surface area contributed by atoms with Gasteiger partial charge in [-0.3, -0.25) is 9.36 Å². The number of hydrogen-bond donors (Lipinski definition) is 1. The van der Waals surface area contributed by atoms with E-state index in [9.17, 15) is 14.0 Å². The highest BCUT2D eigenvalue weighted by Crippen LogP contribution is 2.26. The highest BCUT2D eigenvalue weighted by molar-refractivity contribution is 6.02. The van der Waals surface area contributed by atoms with E-state index in [4.69, 9.17) is 10.5 Å². The number of ether oxygens (including phenoxy) is 1. The van der Waals surface area contributed by atoms with Crippen molar-refractivity contribution in [1.82, 2.24) is 19.1 Å². The number of rotatable bonds is 6. The molecule has 0 aliphatic rings. The van der Waals surface area contributed by atoms with Gasteiger partial charge < -0.3 is 10.5 Å². The van der Waals surface area contributed by atoms with Crippen LogP contribution in [0.2, 0.25) is 0 Å². The standard InChI is InChI=1S/C26H20FN5O3/c1-35-20-9-5-8-17(14-20)24-29-21(23(28)33)22-25(30-24)32(19-12-10-18(27)11-13-19)26(34)31(22)15-16-6-3-2-4-7-16/h2-14H,15H2,1H3,(H2,28,33). The third-order valence-electron chi connectivity index (χ3n) is 5.60. The minimum Gasteiger partial charge on any atom is -0.497 e. The van der Waals surface area contributed by atoms with Gasteiger partial charge in [0.2, 0.25) is 0 Å². The first-order valence-corrected chi connectivity index (χ1v) is 10.7. The van der Waals surface area contributed by atoms with Gasteiger partial charge in [0.15, 0.2) is 17.2 Å². The zero-order valence-electron chi connectivity index (χ0n) is 18.7. The Labute approximate surface area is 199 Å². The number of nitrogens with two attached hydrogens (primary N) is 1. The number of imidazole rings is 1. The summed E-state index contributed by atoms with van der Waals surface area (Å²) in [7, 11) is 1.54. The Morgan fingerprint density at radius 2 is 1.74 bits per heavy atom. The fourth-order valence-electron chi connectivity index (χ4n) is 3.95. The molecule has 0 unspecified atom stereocenters. The normalized spacial score (nSPS) is 11.0. The van der Waals surface area contributed by atoms with E-state index in [1.807, 2.05) is 30.3 Å². The quantitative estimate of drug-likeness (QED) is 0.410. The maximum Gasteiger partial charge on any atom is 0.335 e. The number of carbonyl (C=O) groups is 1. The number of hydrogen-bond acceptors (Lipinski definition) is 5. The lowest BCUT2D eigenvalue weighted by molar-refractivity contribution is 0.0997. The summed E-state index contributed by atoms with van der Waals surface area (Å²) >= 11 is 0. The highest BCUT2D eigenvalue weighted by Gasteiger charge is 2.24. The molecule has 1 amide bonds. The molecular formula is C26H20FN5O3. The molecule has 0 fully saturated rings. The third-order valence-corrected chi connectivity index (χ3v) is 5.60. The van der Waals surface area contributed by atoms with Crippen LogP contribution in [0.3, 0.4) is 0 Å². The smallest absolute Gasteiger partial charge is 0.335 e. The summed E-state index contributed by atoms with van der Waals surface area (Å²) in [6.07, 6.45) is 0. The lowest BCUT2D eigenvalue weighted by Crippen LogP contribution is -2.24. The maximum absolute atomic E-state index is 13.7. The highest BCUT2D eigenvalue weighted by atomic mass is 19.1. The lowest BCUT2D eigenvalue weighted by Gasteiger charge is -2.09. The molecule has 8 nitrogen and oxygen atoms in total. The summed E-state index contributed by atoms with van der Waals surface area (Å²) in [5, 5.41) is 0. The van der Waals surface area contributed by atoms with E-state index in [0.29, 0.717) is 17.0 Å². The van der Waals surface area contributed by atoms with Gasteiger partial charge in [0.1, 0.15) is 17.1 Å². The number of benzene rings is 3. The number of methoxy groups -OCH3 is 1. The first kappa shape index (κ1) is 22.0. The minimum atomic E-state index is -0.806. The van der Waals surface area contributed by atoms with Crippen LogP contribution < -0.4 is 16.2 Å². The van der Waals surface area contributed by atoms with Crippen molar-refractivity contribution in [3.8, 4) is 22.8 Å². The third kappa shape index (κ3) is 4.04. The number of primary amides is 1. The first-order chi connectivity index (χ1) is 17.0. The predicted octanol–water partition coefficient (Wildman–Crippen LogP) is 3.54. The molecule has 5 rings (SSSR count). The molecule has 9 heteroatoms. The minimum absolute atomic E-state index is 0.0956. The van der Waals surface area contributed by atoms with Crippen LogP contribution in [-0.2, 0) is 6.54 Å². The van der Waals surface area contributed by atoms with Gasteiger partial charge in [-0.2, -0.15) is 0 Å². The van der Waals surface area contributed by atoms with E-state index in [1.165, 1.54) is 40.5 Å². The van der Waals surface area contributed by atoms with Crippen molar-refractivity contribution in [1.29, 1.82) is 0 Å². The summed E-state index contributed by atoms with van der Waals surface area (Å²) in [6, 6.07) is 21.8. The fourth-order valence-corrected chi connectivity index (χ4v) is 3.95. The van der Waals surface area contributed by atoms with Crippen LogP contribution in [0.1, 0.15) is 16.1 Å². The molecule has 35 heavy (non-hydrogen) atoms. The Hall–Kier alpha value is -4.79. The van der Waals surface area contributed by atoms with E-state index in [2.05, 4.69) is 9.97 Å². The second-order valence-electron chi connectivity index (χ2n) is 7.83. The van der Waals surface area contributed by atoms with Crippen LogP contribution in [0.4, 0.5) is 4.39 Å². The summed E-state index contributed by atoms with van der Waals surface area (Å²) in [6.45, 7) is 0.159. The molecule has 2 aromatic heterocycles. The average molecular weight is 469 g/mol. The number of amides is 1. The van der Waals surface area contributed by atoms with E-state index in [-0.39, 0.29) is 29.2 Å². The zero-order valence-corrected chi connectivity index (χ0v) is 18.7. The van der Waals surface area contributed by atoms with Crippen LogP contribution in [0.15, 0.2) is 83.7 Å². The molecule has 0 atom stereocenters. The topological polar surface area (TPSA) is 105 Å². The Balaban J connectivity index is 1.85. The van der Waals surface area contributed by atoms with Gasteiger partial charge >= 0.3 is 5.69 Å². The molecule has 174 valence electrons. The molecule has 2 N–H and O–H groups in total. The van der Waals surface area contributed by atoms with Crippen molar-refractivity contribution in [2.75, 3.05) is 7.11 Å². The van der Waals surface area contributed by atoms with Crippen LogP contribution >= 0.6 is 0 Å². The van der Waals surface area contributed by atoms with Crippen molar-refractivity contribution in [3.05, 3.63) is 106 Å². The first-order valence-electron chi connectivity index (χ1n) is 10.7. The Morgan fingerprint density at radius 3 is 2.43 bits per heavy atom. The summed E-state index contributed by atoms with van der Waals surface area (Å²) in [5.41, 5.74) is 7.35. The van der Waals surface area contributed by atoms with E-state index in [1.54, 1.807) is 24.3 Å². The SMILES string of the molecule is COc1cccc(-c2nc(C(N)=O)c3c(n2)n(-c2ccc(F)cc2)c(=O)n3Cc2ccccc2)c1. The second-order valence-corrected chi connectivity index (χ2v) is 7.83. The van der Waals surface area contributed by atoms with Gasteiger partial charge in [0.05, 0.1) is 19.3 Å². The van der Waals surface area contributed by atoms with Gasteiger partial charge in [-0.25, -0.2) is 23.7 Å². The molecule has 5 aromatic rings. The van der Waals surface area contributed by atoms with Crippen LogP contribution in [0.25, 0.3) is 28.2 Å². The van der Waals surface area contributed by atoms with Crippen molar-refractivity contribution in [2.24, 2.45) is 5.73 Å². The van der Waals surface area contributed by atoms with Crippen LogP contribution in [0.5, 0.6) is 5.75 Å². The van der Waals surface area contributed by atoms with E-state index in [0.717, 1.165) is 5.56 Å². The number of aromatic nitrogens is 4. The molecule has 0 saturated heterocycles. The number of halogens is 1. The van der Waals surface area contributed by atoms with Crippen molar-refractivity contribution >= 4 is 17.1 Å². The van der Waals surface area contributed by atoms with E-state index >= 15 is 0 Å². The number of carbonyl (C=O) groups excluding carboxylic acids is 1. The lowest BCUT2D eigenvalue weighted by atomic mass is 10.2. The molecule has 0 aliphatic carbocycles. The summed E-state index contributed by atoms with van der Waals surface area (Å²) in [5.74, 6) is -0.485. The van der Waals surface area contributed by atoms with Gasteiger partial charge in [0, 0.05) is 5.56 Å². The van der Waals surface area contributed by atoms with Crippen LogP contribution in [0, 0.1) is 5.82 Å². The van der Waals surface area contributed by atoms with Gasteiger partial charge in [0.25, 0.3) is 5.91 Å². The molecular weight excluding hydrogens is 449 g/mol. The molecule has 0 spiro atoms. The fraction of sp³-hybridized carbons (Fsp3) is 0.0769. The van der Waals surface area contributed by atoms with E-state index < -0.39 is 17.4 Å². The molecule has 2 heterocycles. The second kappa shape index (κ2) is 8.86. The number of nitrogens with zero attached hydrogens (tertiary/aromatic N) is 4. The van der Waals surface area contributed by atoms with Crippen molar-refractivity contribution in [2.45, 2.75) is 6.54 Å². The largest absolute Gasteiger partial charge is 0.497 e. The van der Waals surface area contributed by atoms with Crippen molar-refractivity contribution in [3.63, 3.8) is 0 Å². The Morgan fingerprint density at radius 1 is 1.00 bits per heavy atom. The van der Waals surface area contributed by atoms with Gasteiger partial charge in [-0.05, 0) is 42.0 Å². The predicted molar refractivity (Wildman–Crippen MR) is 129 cm³/mol. The monoisotopic (exact) mass is 469 g/mol. The molecule has 3 aromatic carbocycles. The molecule has 0 aliphatic heterocycles. The molecule has 0 saturated carbocycles. The Bertz CT molecular complexity index is 1610. The van der Waals surface area contributed by atoms with Gasteiger partial charge in [-0.1, -0.05) is 42.5 Å². The zero-order chi connectivity index (χ0) is 24.5. The van der Waals surface area contributed by atoms with Gasteiger partial charge in [-0.15, -0.1) is 0 Å².